The second-order valence-corrected chi connectivity index (χ2v) is 7.57. The van der Waals surface area contributed by atoms with Crippen molar-refractivity contribution in [3.63, 3.8) is 0 Å². The smallest absolute Gasteiger partial charge is 0.229 e. The zero-order valence-electron chi connectivity index (χ0n) is 17.4. The molecule has 0 aromatic carbocycles. The molecule has 1 aromatic heterocycles. The SMILES string of the molecule is CCNC(=NCC(c1ccco1)N1CCCCC1)NCCN1C(=O)CCCC1=O. The fourth-order valence-electron chi connectivity index (χ4n) is 3.95. The van der Waals surface area contributed by atoms with Crippen LogP contribution in [0.4, 0.5) is 0 Å². The molecule has 2 N–H and O–H groups in total. The molecule has 1 atom stereocenters. The Labute approximate surface area is 172 Å². The maximum Gasteiger partial charge on any atom is 0.229 e. The van der Waals surface area contributed by atoms with Crippen molar-refractivity contribution >= 4 is 17.8 Å². The molecular formula is C21H33N5O3. The summed E-state index contributed by atoms with van der Waals surface area (Å²) in [5, 5.41) is 6.50. The molecule has 8 heteroatoms. The van der Waals surface area contributed by atoms with Gasteiger partial charge in [0, 0.05) is 32.5 Å². The maximum atomic E-state index is 11.9. The lowest BCUT2D eigenvalue weighted by molar-refractivity contribution is -0.147. The summed E-state index contributed by atoms with van der Waals surface area (Å²) in [6, 6.07) is 4.06. The van der Waals surface area contributed by atoms with Crippen LogP contribution in [0.5, 0.6) is 0 Å². The number of piperidine rings is 2. The number of nitrogens with zero attached hydrogens (tertiary/aromatic N) is 3. The third-order valence-electron chi connectivity index (χ3n) is 5.48. The van der Waals surface area contributed by atoms with Crippen molar-refractivity contribution in [3.05, 3.63) is 24.2 Å². The van der Waals surface area contributed by atoms with Crippen LogP contribution in [0.1, 0.15) is 57.3 Å². The largest absolute Gasteiger partial charge is 0.468 e. The predicted octanol–water partition coefficient (Wildman–Crippen LogP) is 1.90. The molecule has 1 aromatic rings. The van der Waals surface area contributed by atoms with E-state index in [1.165, 1.54) is 24.2 Å². The Bertz CT molecular complexity index is 666. The van der Waals surface area contributed by atoms with Gasteiger partial charge >= 0.3 is 0 Å². The average molecular weight is 404 g/mol. The van der Waals surface area contributed by atoms with E-state index in [2.05, 4.69) is 15.5 Å². The number of furan rings is 1. The molecule has 8 nitrogen and oxygen atoms in total. The first-order valence-electron chi connectivity index (χ1n) is 10.8. The molecule has 1 unspecified atom stereocenters. The first kappa shape index (κ1) is 21.4. The fraction of sp³-hybridized carbons (Fsp3) is 0.667. The Morgan fingerprint density at radius 1 is 1.14 bits per heavy atom. The minimum atomic E-state index is -0.0760. The Balaban J connectivity index is 1.59. The quantitative estimate of drug-likeness (QED) is 0.391. The van der Waals surface area contributed by atoms with Crippen molar-refractivity contribution in [2.75, 3.05) is 39.3 Å². The van der Waals surface area contributed by atoms with Crippen LogP contribution in [0.15, 0.2) is 27.8 Å². The normalized spacial score (nSPS) is 20.0. The number of carbonyl (C=O) groups is 2. The van der Waals surface area contributed by atoms with Crippen LogP contribution in [0.25, 0.3) is 0 Å². The highest BCUT2D eigenvalue weighted by atomic mass is 16.3. The van der Waals surface area contributed by atoms with Gasteiger partial charge in [-0.2, -0.15) is 0 Å². The number of likely N-dealkylation sites (tertiary alicyclic amines) is 2. The van der Waals surface area contributed by atoms with Gasteiger partial charge in [0.05, 0.1) is 18.8 Å². The standard InChI is InChI=1S/C21H33N5O3/c1-2-22-21(23-11-14-26-19(27)9-6-10-20(26)28)24-16-17(18-8-7-15-29-18)25-12-4-3-5-13-25/h7-8,15,17H,2-6,9-14,16H2,1H3,(H2,22,23,24). The van der Waals surface area contributed by atoms with Gasteiger partial charge in [-0.15, -0.1) is 0 Å². The molecule has 29 heavy (non-hydrogen) atoms. The minimum Gasteiger partial charge on any atom is -0.468 e. The van der Waals surface area contributed by atoms with Crippen LogP contribution in [0.2, 0.25) is 0 Å². The lowest BCUT2D eigenvalue weighted by Gasteiger charge is -2.32. The average Bonchev–Trinajstić information content (AvgIpc) is 3.25. The van der Waals surface area contributed by atoms with Crippen molar-refractivity contribution in [1.29, 1.82) is 0 Å². The predicted molar refractivity (Wildman–Crippen MR) is 111 cm³/mol. The zero-order chi connectivity index (χ0) is 20.5. The summed E-state index contributed by atoms with van der Waals surface area (Å²) in [4.78, 5) is 32.5. The summed E-state index contributed by atoms with van der Waals surface area (Å²) in [5.41, 5.74) is 0. The number of amides is 2. The molecule has 0 bridgehead atoms. The van der Waals surface area contributed by atoms with Crippen LogP contribution in [-0.2, 0) is 9.59 Å². The van der Waals surface area contributed by atoms with E-state index >= 15 is 0 Å². The highest BCUT2D eigenvalue weighted by molar-refractivity contribution is 5.97. The molecule has 3 heterocycles. The third-order valence-corrected chi connectivity index (χ3v) is 5.48. The van der Waals surface area contributed by atoms with Crippen LogP contribution in [0, 0.1) is 0 Å². The van der Waals surface area contributed by atoms with Crippen LogP contribution in [-0.4, -0.2) is 66.8 Å². The van der Waals surface area contributed by atoms with Crippen LogP contribution >= 0.6 is 0 Å². The van der Waals surface area contributed by atoms with E-state index < -0.39 is 0 Å². The fourth-order valence-corrected chi connectivity index (χ4v) is 3.95. The van der Waals surface area contributed by atoms with Gasteiger partial charge in [-0.3, -0.25) is 24.4 Å². The number of hydrogen-bond donors (Lipinski definition) is 2. The zero-order valence-corrected chi connectivity index (χ0v) is 17.4. The Hall–Kier alpha value is -2.35. The molecule has 0 radical (unpaired) electrons. The number of carbonyl (C=O) groups excluding carboxylic acids is 2. The summed E-state index contributed by atoms with van der Waals surface area (Å²) in [6.45, 7) is 6.32. The Kier molecular flexibility index (Phi) is 8.10. The number of nitrogens with one attached hydrogen (secondary N) is 2. The first-order valence-corrected chi connectivity index (χ1v) is 10.8. The van der Waals surface area contributed by atoms with Gasteiger partial charge < -0.3 is 15.1 Å². The maximum absolute atomic E-state index is 11.9. The van der Waals surface area contributed by atoms with Gasteiger partial charge in [0.25, 0.3) is 0 Å². The lowest BCUT2D eigenvalue weighted by Crippen LogP contribution is -2.46. The van der Waals surface area contributed by atoms with Gasteiger partial charge in [-0.1, -0.05) is 6.42 Å². The van der Waals surface area contributed by atoms with E-state index in [0.29, 0.717) is 44.9 Å². The van der Waals surface area contributed by atoms with Gasteiger partial charge in [0.2, 0.25) is 11.8 Å². The minimum absolute atomic E-state index is 0.0760. The van der Waals surface area contributed by atoms with Crippen LogP contribution < -0.4 is 10.6 Å². The summed E-state index contributed by atoms with van der Waals surface area (Å²) in [5.74, 6) is 1.48. The lowest BCUT2D eigenvalue weighted by atomic mass is 10.1. The van der Waals surface area contributed by atoms with Crippen molar-refractivity contribution in [2.45, 2.75) is 51.5 Å². The topological polar surface area (TPSA) is 90.2 Å². The Morgan fingerprint density at radius 2 is 1.90 bits per heavy atom. The van der Waals surface area contributed by atoms with E-state index in [1.54, 1.807) is 6.26 Å². The molecule has 2 fully saturated rings. The second kappa shape index (κ2) is 11.0. The van der Waals surface area contributed by atoms with Gasteiger partial charge in [-0.05, 0) is 51.4 Å². The molecular weight excluding hydrogens is 370 g/mol. The highest BCUT2D eigenvalue weighted by Crippen LogP contribution is 2.25. The summed E-state index contributed by atoms with van der Waals surface area (Å²) < 4.78 is 5.69. The second-order valence-electron chi connectivity index (χ2n) is 7.57. The molecule has 2 saturated heterocycles. The number of rotatable bonds is 8. The molecule has 2 aliphatic rings. The first-order chi connectivity index (χ1) is 14.2. The van der Waals surface area contributed by atoms with Crippen LogP contribution in [0.3, 0.4) is 0 Å². The summed E-state index contributed by atoms with van der Waals surface area (Å²) in [6.07, 6.45) is 6.99. The molecule has 2 amide bonds. The monoisotopic (exact) mass is 403 g/mol. The van der Waals surface area contributed by atoms with Crippen molar-refractivity contribution < 1.29 is 14.0 Å². The van der Waals surface area contributed by atoms with E-state index in [1.807, 2.05) is 19.1 Å². The van der Waals surface area contributed by atoms with Gasteiger partial charge in [0.15, 0.2) is 5.96 Å². The molecule has 160 valence electrons. The van der Waals surface area contributed by atoms with E-state index in [-0.39, 0.29) is 17.9 Å². The molecule has 3 rings (SSSR count). The van der Waals surface area contributed by atoms with Crippen molar-refractivity contribution in [2.24, 2.45) is 4.99 Å². The van der Waals surface area contributed by atoms with Gasteiger partial charge in [0.1, 0.15) is 5.76 Å². The molecule has 0 saturated carbocycles. The molecule has 2 aliphatic heterocycles. The van der Waals surface area contributed by atoms with Crippen molar-refractivity contribution in [3.8, 4) is 0 Å². The molecule has 0 spiro atoms. The number of aliphatic imine (C=N–C) groups is 1. The van der Waals surface area contributed by atoms with E-state index in [9.17, 15) is 9.59 Å². The third kappa shape index (κ3) is 6.06. The number of hydrogen-bond acceptors (Lipinski definition) is 5. The Morgan fingerprint density at radius 3 is 2.55 bits per heavy atom. The highest BCUT2D eigenvalue weighted by Gasteiger charge is 2.26. The van der Waals surface area contributed by atoms with E-state index in [4.69, 9.17) is 9.41 Å². The summed E-state index contributed by atoms with van der Waals surface area (Å²) >= 11 is 0. The molecule has 0 aliphatic carbocycles. The summed E-state index contributed by atoms with van der Waals surface area (Å²) in [7, 11) is 0. The number of guanidine groups is 1. The van der Waals surface area contributed by atoms with Crippen molar-refractivity contribution in [1.82, 2.24) is 20.4 Å². The van der Waals surface area contributed by atoms with Gasteiger partial charge in [-0.25, -0.2) is 0 Å². The van der Waals surface area contributed by atoms with E-state index in [0.717, 1.165) is 25.4 Å². The number of imide groups is 1.